The third-order valence-electron chi connectivity index (χ3n) is 5.44. The van der Waals surface area contributed by atoms with Crippen LogP contribution in [0.1, 0.15) is 24.8 Å². The van der Waals surface area contributed by atoms with Crippen molar-refractivity contribution in [2.45, 2.75) is 31.7 Å². The van der Waals surface area contributed by atoms with Gasteiger partial charge in [0.1, 0.15) is 0 Å². The molecule has 2 aliphatic heterocycles. The van der Waals surface area contributed by atoms with Gasteiger partial charge in [0.25, 0.3) is 0 Å². The van der Waals surface area contributed by atoms with Crippen molar-refractivity contribution in [1.29, 1.82) is 0 Å². The van der Waals surface area contributed by atoms with Crippen molar-refractivity contribution in [3.05, 3.63) is 29.6 Å². The number of rotatable bonds is 4. The Morgan fingerprint density at radius 2 is 2.20 bits per heavy atom. The van der Waals surface area contributed by atoms with Crippen molar-refractivity contribution in [2.24, 2.45) is 5.92 Å². The number of piperidine rings is 2. The molecule has 2 fully saturated rings. The zero-order valence-corrected chi connectivity index (χ0v) is 15.1. The van der Waals surface area contributed by atoms with Crippen LogP contribution in [-0.2, 0) is 6.42 Å². The lowest BCUT2D eigenvalue weighted by Gasteiger charge is -2.46. The van der Waals surface area contributed by atoms with Crippen LogP contribution in [-0.4, -0.2) is 62.2 Å². The van der Waals surface area contributed by atoms with E-state index in [-0.39, 0.29) is 17.6 Å². The number of benzene rings is 1. The van der Waals surface area contributed by atoms with Gasteiger partial charge in [0.05, 0.1) is 7.11 Å². The third-order valence-corrected chi connectivity index (χ3v) is 5.44. The summed E-state index contributed by atoms with van der Waals surface area (Å²) in [5, 5.41) is 3.04. The van der Waals surface area contributed by atoms with Gasteiger partial charge in [-0.1, -0.05) is 6.07 Å². The number of carbonyl (C=O) groups excluding carboxylic acids is 1. The van der Waals surface area contributed by atoms with Crippen LogP contribution >= 0.6 is 0 Å². The molecule has 138 valence electrons. The molecule has 0 spiro atoms. The van der Waals surface area contributed by atoms with E-state index in [1.807, 2.05) is 4.90 Å². The van der Waals surface area contributed by atoms with Crippen molar-refractivity contribution in [1.82, 2.24) is 15.1 Å². The maximum absolute atomic E-state index is 13.4. The molecule has 5 nitrogen and oxygen atoms in total. The molecule has 0 radical (unpaired) electrons. The van der Waals surface area contributed by atoms with Crippen LogP contribution in [0.25, 0.3) is 0 Å². The standard InChI is InChI=1S/C19H28FN3O2/c1-22-11-8-17-15(13-22)4-3-10-23(17)19(24)21-9-7-14-5-6-16(20)18(12-14)25-2/h5-6,12,15,17H,3-4,7-11,13H2,1-2H3,(H,21,24)/t15-,17-/m1/s1. The molecule has 6 heteroatoms. The molecule has 3 rings (SSSR count). The van der Waals surface area contributed by atoms with E-state index in [9.17, 15) is 9.18 Å². The van der Waals surface area contributed by atoms with Gasteiger partial charge in [0.15, 0.2) is 11.6 Å². The Balaban J connectivity index is 1.52. The van der Waals surface area contributed by atoms with Crippen molar-refractivity contribution in [3.8, 4) is 5.75 Å². The van der Waals surface area contributed by atoms with Gasteiger partial charge >= 0.3 is 6.03 Å². The summed E-state index contributed by atoms with van der Waals surface area (Å²) in [6, 6.07) is 5.24. The fourth-order valence-electron chi connectivity index (χ4n) is 4.11. The molecule has 0 saturated carbocycles. The minimum absolute atomic E-state index is 0.0355. The van der Waals surface area contributed by atoms with Gasteiger partial charge in [-0.25, -0.2) is 9.18 Å². The summed E-state index contributed by atoms with van der Waals surface area (Å²) >= 11 is 0. The number of fused-ring (bicyclic) bond motifs is 1. The number of methoxy groups -OCH3 is 1. The maximum atomic E-state index is 13.4. The Morgan fingerprint density at radius 3 is 3.00 bits per heavy atom. The highest BCUT2D eigenvalue weighted by atomic mass is 19.1. The molecule has 0 bridgehead atoms. The second-order valence-corrected chi connectivity index (χ2v) is 7.16. The molecule has 0 aliphatic carbocycles. The Hall–Kier alpha value is -1.82. The highest BCUT2D eigenvalue weighted by Gasteiger charge is 2.37. The molecule has 2 saturated heterocycles. The average Bonchev–Trinajstić information content (AvgIpc) is 2.62. The lowest BCUT2D eigenvalue weighted by Crippen LogP contribution is -2.57. The number of nitrogens with zero attached hydrogens (tertiary/aromatic N) is 2. The van der Waals surface area contributed by atoms with Gasteiger partial charge in [-0.05, 0) is 62.9 Å². The first-order valence-electron chi connectivity index (χ1n) is 9.14. The fourth-order valence-corrected chi connectivity index (χ4v) is 4.11. The van der Waals surface area contributed by atoms with Crippen LogP contribution in [0.3, 0.4) is 0 Å². The first kappa shape index (κ1) is 18.0. The summed E-state index contributed by atoms with van der Waals surface area (Å²) in [6.45, 7) is 3.53. The molecule has 0 aromatic heterocycles. The van der Waals surface area contributed by atoms with E-state index in [0.29, 0.717) is 24.9 Å². The van der Waals surface area contributed by atoms with Crippen LogP contribution in [0.5, 0.6) is 5.75 Å². The second-order valence-electron chi connectivity index (χ2n) is 7.16. The summed E-state index contributed by atoms with van der Waals surface area (Å²) in [4.78, 5) is 17.0. The van der Waals surface area contributed by atoms with E-state index in [2.05, 4.69) is 17.3 Å². The molecule has 0 unspecified atom stereocenters. The summed E-state index contributed by atoms with van der Waals surface area (Å²) in [5.41, 5.74) is 0.953. The third kappa shape index (κ3) is 4.24. The number of hydrogen-bond donors (Lipinski definition) is 1. The average molecular weight is 349 g/mol. The van der Waals surface area contributed by atoms with Crippen molar-refractivity contribution >= 4 is 6.03 Å². The van der Waals surface area contributed by atoms with Gasteiger partial charge < -0.3 is 19.9 Å². The predicted octanol–water partition coefficient (Wildman–Crippen LogP) is 2.50. The Morgan fingerprint density at radius 1 is 1.36 bits per heavy atom. The van der Waals surface area contributed by atoms with Gasteiger partial charge in [-0.3, -0.25) is 0 Å². The number of carbonyl (C=O) groups is 1. The second kappa shape index (κ2) is 8.04. The molecular formula is C19H28FN3O2. The molecule has 2 atom stereocenters. The number of halogens is 1. The lowest BCUT2D eigenvalue weighted by molar-refractivity contribution is 0.0534. The molecule has 1 aromatic carbocycles. The highest BCUT2D eigenvalue weighted by molar-refractivity contribution is 5.74. The minimum Gasteiger partial charge on any atom is -0.494 e. The summed E-state index contributed by atoms with van der Waals surface area (Å²) < 4.78 is 18.4. The van der Waals surface area contributed by atoms with Crippen LogP contribution < -0.4 is 10.1 Å². The molecule has 2 heterocycles. The van der Waals surface area contributed by atoms with E-state index in [0.717, 1.165) is 38.0 Å². The largest absolute Gasteiger partial charge is 0.494 e. The molecule has 2 aliphatic rings. The number of urea groups is 1. The summed E-state index contributed by atoms with van der Waals surface area (Å²) in [7, 11) is 3.62. The van der Waals surface area contributed by atoms with Crippen LogP contribution in [0, 0.1) is 11.7 Å². The Bertz CT molecular complexity index is 610. The van der Waals surface area contributed by atoms with Crippen LogP contribution in [0.15, 0.2) is 18.2 Å². The first-order valence-corrected chi connectivity index (χ1v) is 9.14. The van der Waals surface area contributed by atoms with Gasteiger partial charge in [-0.2, -0.15) is 0 Å². The molecule has 1 aromatic rings. The van der Waals surface area contributed by atoms with Crippen LogP contribution in [0.4, 0.5) is 9.18 Å². The minimum atomic E-state index is -0.364. The number of ether oxygens (including phenoxy) is 1. The van der Waals surface area contributed by atoms with E-state index < -0.39 is 0 Å². The SMILES string of the molecule is COc1cc(CCNC(=O)N2CCC[C@@H]3CN(C)CC[C@H]32)ccc1F. The number of likely N-dealkylation sites (tertiary alicyclic amines) is 2. The maximum Gasteiger partial charge on any atom is 0.317 e. The first-order chi connectivity index (χ1) is 12.1. The van der Waals surface area contributed by atoms with Crippen molar-refractivity contribution in [3.63, 3.8) is 0 Å². The van der Waals surface area contributed by atoms with Gasteiger partial charge in [-0.15, -0.1) is 0 Å². The quantitative estimate of drug-likeness (QED) is 0.908. The zero-order valence-electron chi connectivity index (χ0n) is 15.1. The van der Waals surface area contributed by atoms with Crippen molar-refractivity contribution in [2.75, 3.05) is 40.3 Å². The number of amides is 2. The molecule has 1 N–H and O–H groups in total. The van der Waals surface area contributed by atoms with E-state index in [1.54, 1.807) is 12.1 Å². The molecule has 2 amide bonds. The number of hydrogen-bond acceptors (Lipinski definition) is 3. The topological polar surface area (TPSA) is 44.8 Å². The predicted molar refractivity (Wildman–Crippen MR) is 95.4 cm³/mol. The van der Waals surface area contributed by atoms with E-state index in [4.69, 9.17) is 4.74 Å². The molecule has 25 heavy (non-hydrogen) atoms. The summed E-state index contributed by atoms with van der Waals surface area (Å²) in [5.74, 6) is 0.477. The van der Waals surface area contributed by atoms with Gasteiger partial charge in [0, 0.05) is 25.7 Å². The smallest absolute Gasteiger partial charge is 0.317 e. The van der Waals surface area contributed by atoms with E-state index >= 15 is 0 Å². The zero-order chi connectivity index (χ0) is 17.8. The highest BCUT2D eigenvalue weighted by Crippen LogP contribution is 2.30. The fraction of sp³-hybridized carbons (Fsp3) is 0.632. The Labute approximate surface area is 149 Å². The lowest BCUT2D eigenvalue weighted by atomic mass is 9.84. The Kier molecular flexibility index (Phi) is 5.78. The summed E-state index contributed by atoms with van der Waals surface area (Å²) in [6.07, 6.45) is 4.02. The monoisotopic (exact) mass is 349 g/mol. The normalized spacial score (nSPS) is 23.9. The van der Waals surface area contributed by atoms with Crippen molar-refractivity contribution < 1.29 is 13.9 Å². The number of nitrogens with one attached hydrogen (secondary N) is 1. The molecular weight excluding hydrogens is 321 g/mol. The van der Waals surface area contributed by atoms with E-state index in [1.165, 1.54) is 19.6 Å². The van der Waals surface area contributed by atoms with Crippen LogP contribution in [0.2, 0.25) is 0 Å². The van der Waals surface area contributed by atoms with Gasteiger partial charge in [0.2, 0.25) is 0 Å².